The first-order chi connectivity index (χ1) is 9.04. The van der Waals surface area contributed by atoms with Crippen molar-refractivity contribution in [1.82, 2.24) is 0 Å². The lowest BCUT2D eigenvalue weighted by Crippen LogP contribution is -2.24. The molecule has 2 amide bonds. The SMILES string of the molecule is CC(N)CC(=O)Nc1cccc(NC(=O)C2CC2)c1.Cl. The zero-order valence-electron chi connectivity index (χ0n) is 11.4. The second-order valence-corrected chi connectivity index (χ2v) is 5.07. The Morgan fingerprint density at radius 3 is 2.45 bits per heavy atom. The Hall–Kier alpha value is -1.59. The van der Waals surface area contributed by atoms with Crippen molar-refractivity contribution in [2.75, 3.05) is 10.6 Å². The third-order valence-corrected chi connectivity index (χ3v) is 2.87. The normalized spacial score (nSPS) is 14.9. The summed E-state index contributed by atoms with van der Waals surface area (Å²) >= 11 is 0. The number of carbonyl (C=O) groups is 2. The van der Waals surface area contributed by atoms with E-state index in [0.29, 0.717) is 11.4 Å². The van der Waals surface area contributed by atoms with Crippen LogP contribution in [0.1, 0.15) is 26.2 Å². The third kappa shape index (κ3) is 5.19. The maximum atomic E-state index is 11.6. The minimum Gasteiger partial charge on any atom is -0.327 e. The van der Waals surface area contributed by atoms with Crippen molar-refractivity contribution < 1.29 is 9.59 Å². The molecule has 1 aromatic carbocycles. The molecule has 0 saturated heterocycles. The average Bonchev–Trinajstić information content (AvgIpc) is 3.11. The summed E-state index contributed by atoms with van der Waals surface area (Å²) in [5.74, 6) is 0.0936. The summed E-state index contributed by atoms with van der Waals surface area (Å²) in [5, 5.41) is 5.60. The number of nitrogens with two attached hydrogens (primary N) is 1. The Balaban J connectivity index is 0.00000200. The average molecular weight is 298 g/mol. The van der Waals surface area contributed by atoms with Gasteiger partial charge in [-0.05, 0) is 38.0 Å². The first kappa shape index (κ1) is 16.5. The van der Waals surface area contributed by atoms with Crippen molar-refractivity contribution in [3.63, 3.8) is 0 Å². The maximum Gasteiger partial charge on any atom is 0.227 e. The van der Waals surface area contributed by atoms with Crippen LogP contribution in [0.5, 0.6) is 0 Å². The number of carbonyl (C=O) groups excluding carboxylic acids is 2. The molecular weight excluding hydrogens is 278 g/mol. The lowest BCUT2D eigenvalue weighted by Gasteiger charge is -2.09. The molecule has 6 heteroatoms. The monoisotopic (exact) mass is 297 g/mol. The van der Waals surface area contributed by atoms with Crippen LogP contribution in [0.25, 0.3) is 0 Å². The van der Waals surface area contributed by atoms with Crippen LogP contribution < -0.4 is 16.4 Å². The van der Waals surface area contributed by atoms with Crippen molar-refractivity contribution in [3.8, 4) is 0 Å². The molecule has 0 heterocycles. The smallest absolute Gasteiger partial charge is 0.227 e. The zero-order valence-corrected chi connectivity index (χ0v) is 12.2. The van der Waals surface area contributed by atoms with E-state index in [9.17, 15) is 9.59 Å². The Morgan fingerprint density at radius 2 is 1.90 bits per heavy atom. The molecule has 0 spiro atoms. The van der Waals surface area contributed by atoms with Gasteiger partial charge in [0.15, 0.2) is 0 Å². The molecule has 2 rings (SSSR count). The molecule has 0 radical (unpaired) electrons. The number of benzene rings is 1. The maximum absolute atomic E-state index is 11.6. The van der Waals surface area contributed by atoms with E-state index in [-0.39, 0.29) is 42.6 Å². The quantitative estimate of drug-likeness (QED) is 0.778. The Labute approximate surface area is 124 Å². The molecule has 0 aliphatic heterocycles. The lowest BCUT2D eigenvalue weighted by molar-refractivity contribution is -0.117. The van der Waals surface area contributed by atoms with Gasteiger partial charge >= 0.3 is 0 Å². The number of halogens is 1. The van der Waals surface area contributed by atoms with Crippen LogP contribution in [0, 0.1) is 5.92 Å². The summed E-state index contributed by atoms with van der Waals surface area (Å²) in [4.78, 5) is 23.2. The standard InChI is InChI=1S/C14H19N3O2.ClH/c1-9(15)7-13(18)16-11-3-2-4-12(8-11)17-14(19)10-5-6-10;/h2-4,8-10H,5-7,15H2,1H3,(H,16,18)(H,17,19);1H. The van der Waals surface area contributed by atoms with Gasteiger partial charge in [-0.15, -0.1) is 12.4 Å². The summed E-state index contributed by atoms with van der Waals surface area (Å²) in [6.45, 7) is 1.78. The molecule has 1 saturated carbocycles. The van der Waals surface area contributed by atoms with E-state index in [1.807, 2.05) is 6.07 Å². The third-order valence-electron chi connectivity index (χ3n) is 2.87. The van der Waals surface area contributed by atoms with E-state index < -0.39 is 0 Å². The molecule has 5 nitrogen and oxygen atoms in total. The van der Waals surface area contributed by atoms with Gasteiger partial charge in [-0.25, -0.2) is 0 Å². The molecule has 1 aromatic rings. The van der Waals surface area contributed by atoms with Crippen molar-refractivity contribution in [2.24, 2.45) is 11.7 Å². The number of amides is 2. The summed E-state index contributed by atoms with van der Waals surface area (Å²) in [6, 6.07) is 6.97. The van der Waals surface area contributed by atoms with Crippen LogP contribution in [-0.2, 0) is 9.59 Å². The molecule has 1 unspecified atom stereocenters. The Morgan fingerprint density at radius 1 is 1.30 bits per heavy atom. The molecule has 1 atom stereocenters. The summed E-state index contributed by atoms with van der Waals surface area (Å²) in [7, 11) is 0. The Bertz CT molecular complexity index is 487. The summed E-state index contributed by atoms with van der Waals surface area (Å²) in [5.41, 5.74) is 6.94. The minimum absolute atomic E-state index is 0. The van der Waals surface area contributed by atoms with Crippen LogP contribution >= 0.6 is 12.4 Å². The van der Waals surface area contributed by atoms with E-state index in [0.717, 1.165) is 12.8 Å². The zero-order chi connectivity index (χ0) is 13.8. The number of rotatable bonds is 5. The van der Waals surface area contributed by atoms with Gasteiger partial charge < -0.3 is 16.4 Å². The van der Waals surface area contributed by atoms with E-state index in [1.165, 1.54) is 0 Å². The molecule has 1 aliphatic carbocycles. The van der Waals surface area contributed by atoms with Crippen molar-refractivity contribution in [1.29, 1.82) is 0 Å². The van der Waals surface area contributed by atoms with Gasteiger partial charge in [0.1, 0.15) is 0 Å². The predicted octanol–water partition coefficient (Wildman–Crippen LogP) is 2.13. The molecular formula is C14H20ClN3O2. The number of anilines is 2. The molecule has 110 valence electrons. The van der Waals surface area contributed by atoms with E-state index in [1.54, 1.807) is 25.1 Å². The van der Waals surface area contributed by atoms with Crippen molar-refractivity contribution >= 4 is 35.6 Å². The van der Waals surface area contributed by atoms with Gasteiger partial charge in [0.2, 0.25) is 11.8 Å². The fourth-order valence-corrected chi connectivity index (χ4v) is 1.77. The fraction of sp³-hybridized carbons (Fsp3) is 0.429. The van der Waals surface area contributed by atoms with Crippen LogP contribution in [0.2, 0.25) is 0 Å². The molecule has 1 fully saturated rings. The second kappa shape index (κ2) is 7.26. The fourth-order valence-electron chi connectivity index (χ4n) is 1.77. The van der Waals surface area contributed by atoms with Crippen LogP contribution in [0.4, 0.5) is 11.4 Å². The highest BCUT2D eigenvalue weighted by Gasteiger charge is 2.29. The van der Waals surface area contributed by atoms with E-state index in [2.05, 4.69) is 10.6 Å². The Kier molecular flexibility index (Phi) is 5.98. The highest BCUT2D eigenvalue weighted by Crippen LogP contribution is 2.30. The first-order valence-corrected chi connectivity index (χ1v) is 6.51. The van der Waals surface area contributed by atoms with Gasteiger partial charge in [-0.3, -0.25) is 9.59 Å². The van der Waals surface area contributed by atoms with Gasteiger partial charge in [0, 0.05) is 29.8 Å². The van der Waals surface area contributed by atoms with Gasteiger partial charge in [-0.1, -0.05) is 6.07 Å². The molecule has 1 aliphatic rings. The molecule has 20 heavy (non-hydrogen) atoms. The minimum atomic E-state index is -0.169. The van der Waals surface area contributed by atoms with E-state index >= 15 is 0 Å². The topological polar surface area (TPSA) is 84.2 Å². The predicted molar refractivity (Wildman–Crippen MR) is 81.9 cm³/mol. The first-order valence-electron chi connectivity index (χ1n) is 6.51. The van der Waals surface area contributed by atoms with Gasteiger partial charge in [0.05, 0.1) is 0 Å². The number of hydrogen-bond donors (Lipinski definition) is 3. The van der Waals surface area contributed by atoms with Gasteiger partial charge in [0.25, 0.3) is 0 Å². The van der Waals surface area contributed by atoms with Crippen molar-refractivity contribution in [3.05, 3.63) is 24.3 Å². The molecule has 4 N–H and O–H groups in total. The summed E-state index contributed by atoms with van der Waals surface area (Å²) in [6.07, 6.45) is 2.21. The van der Waals surface area contributed by atoms with Crippen molar-refractivity contribution in [2.45, 2.75) is 32.2 Å². The molecule has 0 aromatic heterocycles. The van der Waals surface area contributed by atoms with Crippen LogP contribution in [0.15, 0.2) is 24.3 Å². The highest BCUT2D eigenvalue weighted by molar-refractivity contribution is 5.96. The lowest BCUT2D eigenvalue weighted by atomic mass is 10.2. The van der Waals surface area contributed by atoms with E-state index in [4.69, 9.17) is 5.73 Å². The van der Waals surface area contributed by atoms with Crippen LogP contribution in [-0.4, -0.2) is 17.9 Å². The second-order valence-electron chi connectivity index (χ2n) is 5.07. The largest absolute Gasteiger partial charge is 0.327 e. The number of nitrogens with one attached hydrogen (secondary N) is 2. The molecule has 0 bridgehead atoms. The number of hydrogen-bond acceptors (Lipinski definition) is 3. The highest BCUT2D eigenvalue weighted by atomic mass is 35.5. The van der Waals surface area contributed by atoms with Gasteiger partial charge in [-0.2, -0.15) is 0 Å². The van der Waals surface area contributed by atoms with Crippen LogP contribution in [0.3, 0.4) is 0 Å². The summed E-state index contributed by atoms with van der Waals surface area (Å²) < 4.78 is 0.